The number of hydrogen-bond acceptors (Lipinski definition) is 4. The zero-order chi connectivity index (χ0) is 15.5. The number of nitrogens with zero attached hydrogens (tertiary/aromatic N) is 3. The molecule has 0 amide bonds. The number of aromatic amines is 1. The van der Waals surface area contributed by atoms with Crippen LogP contribution in [0, 0.1) is 0 Å². The molecule has 0 saturated heterocycles. The van der Waals surface area contributed by atoms with Gasteiger partial charge in [-0.25, -0.2) is 9.67 Å². The number of rotatable bonds is 6. The van der Waals surface area contributed by atoms with Gasteiger partial charge in [-0.05, 0) is 25.0 Å². The van der Waals surface area contributed by atoms with Gasteiger partial charge in [-0.3, -0.25) is 0 Å². The second kappa shape index (κ2) is 6.19. The first-order valence-corrected chi connectivity index (χ1v) is 7.65. The van der Waals surface area contributed by atoms with E-state index in [2.05, 4.69) is 22.0 Å². The second-order valence-corrected chi connectivity index (χ2v) is 5.36. The van der Waals surface area contributed by atoms with Crippen LogP contribution >= 0.6 is 0 Å². The Morgan fingerprint density at radius 3 is 2.86 bits per heavy atom. The van der Waals surface area contributed by atoms with Gasteiger partial charge in [0.05, 0.1) is 35.4 Å². The molecule has 0 spiro atoms. The summed E-state index contributed by atoms with van der Waals surface area (Å²) in [5, 5.41) is 13.7. The van der Waals surface area contributed by atoms with Crippen LogP contribution in [-0.4, -0.2) is 31.5 Å². The van der Waals surface area contributed by atoms with Crippen molar-refractivity contribution in [1.82, 2.24) is 19.7 Å². The zero-order valence-electron chi connectivity index (χ0n) is 12.7. The van der Waals surface area contributed by atoms with E-state index in [-0.39, 0.29) is 6.61 Å². The Balaban J connectivity index is 2.10. The smallest absolute Gasteiger partial charge is 0.144 e. The van der Waals surface area contributed by atoms with Crippen LogP contribution in [0.2, 0.25) is 0 Å². The Hall–Kier alpha value is -2.34. The third-order valence-corrected chi connectivity index (χ3v) is 3.77. The highest BCUT2D eigenvalue weighted by Gasteiger charge is 2.19. The summed E-state index contributed by atoms with van der Waals surface area (Å²) in [6.45, 7) is 2.55. The molecule has 4 N–H and O–H groups in total. The minimum Gasteiger partial charge on any atom is -0.394 e. The molecule has 2 heterocycles. The maximum Gasteiger partial charge on any atom is 0.144 e. The zero-order valence-corrected chi connectivity index (χ0v) is 12.7. The summed E-state index contributed by atoms with van der Waals surface area (Å²) in [4.78, 5) is 7.95. The molecule has 6 nitrogen and oxygen atoms in total. The standard InChI is InChI=1S/C16H21N5O/c1-2-3-6-13-14(15(17)21(20-13)9-10-22)16-18-11-7-4-5-8-12(11)19-16/h4-5,7-8,22H,2-3,6,9-10,17H2,1H3,(H,18,19). The topological polar surface area (TPSA) is 92.8 Å². The molecule has 0 saturated carbocycles. The number of fused-ring (bicyclic) bond motifs is 1. The number of hydrogen-bond donors (Lipinski definition) is 3. The number of aliphatic hydroxyl groups is 1. The van der Waals surface area contributed by atoms with Gasteiger partial charge in [0.15, 0.2) is 0 Å². The minimum absolute atomic E-state index is 0.0126. The van der Waals surface area contributed by atoms with Crippen LogP contribution in [0.3, 0.4) is 0 Å². The average molecular weight is 299 g/mol. The number of benzene rings is 1. The number of imidazole rings is 1. The Morgan fingerprint density at radius 2 is 2.14 bits per heavy atom. The lowest BCUT2D eigenvalue weighted by atomic mass is 10.1. The van der Waals surface area contributed by atoms with E-state index >= 15 is 0 Å². The maximum atomic E-state index is 9.17. The van der Waals surface area contributed by atoms with Crippen molar-refractivity contribution in [2.24, 2.45) is 0 Å². The van der Waals surface area contributed by atoms with Crippen LogP contribution in [0.25, 0.3) is 22.4 Å². The highest BCUT2D eigenvalue weighted by molar-refractivity contribution is 5.82. The first-order valence-electron chi connectivity index (χ1n) is 7.65. The van der Waals surface area contributed by atoms with Crippen molar-refractivity contribution in [3.05, 3.63) is 30.0 Å². The van der Waals surface area contributed by atoms with Gasteiger partial charge < -0.3 is 15.8 Å². The highest BCUT2D eigenvalue weighted by Crippen LogP contribution is 2.30. The summed E-state index contributed by atoms with van der Waals surface area (Å²) >= 11 is 0. The molecule has 3 rings (SSSR count). The number of aliphatic hydroxyl groups excluding tert-OH is 1. The fourth-order valence-electron chi connectivity index (χ4n) is 2.64. The van der Waals surface area contributed by atoms with Gasteiger partial charge in [-0.2, -0.15) is 5.10 Å². The van der Waals surface area contributed by atoms with E-state index in [1.54, 1.807) is 4.68 Å². The van der Waals surface area contributed by atoms with Gasteiger partial charge in [0.2, 0.25) is 0 Å². The monoisotopic (exact) mass is 299 g/mol. The lowest BCUT2D eigenvalue weighted by Gasteiger charge is -2.01. The Bertz CT molecular complexity index is 741. The predicted molar refractivity (Wildman–Crippen MR) is 87.4 cm³/mol. The molecule has 0 aliphatic carbocycles. The molecule has 0 fully saturated rings. The number of nitrogen functional groups attached to an aromatic ring is 1. The molecule has 116 valence electrons. The fraction of sp³-hybridized carbons (Fsp3) is 0.375. The van der Waals surface area contributed by atoms with Gasteiger partial charge in [0.25, 0.3) is 0 Å². The molecule has 0 radical (unpaired) electrons. The van der Waals surface area contributed by atoms with Crippen molar-refractivity contribution in [1.29, 1.82) is 0 Å². The van der Waals surface area contributed by atoms with Crippen molar-refractivity contribution in [3.63, 3.8) is 0 Å². The lowest BCUT2D eigenvalue weighted by Crippen LogP contribution is -2.08. The summed E-state index contributed by atoms with van der Waals surface area (Å²) in [7, 11) is 0. The molecule has 2 aromatic heterocycles. The van der Waals surface area contributed by atoms with Crippen molar-refractivity contribution in [3.8, 4) is 11.4 Å². The van der Waals surface area contributed by atoms with Crippen LogP contribution in [-0.2, 0) is 13.0 Å². The van der Waals surface area contributed by atoms with E-state index < -0.39 is 0 Å². The van der Waals surface area contributed by atoms with E-state index in [4.69, 9.17) is 10.8 Å². The van der Waals surface area contributed by atoms with E-state index in [0.29, 0.717) is 12.4 Å². The van der Waals surface area contributed by atoms with Gasteiger partial charge in [0.1, 0.15) is 11.6 Å². The highest BCUT2D eigenvalue weighted by atomic mass is 16.3. The third-order valence-electron chi connectivity index (χ3n) is 3.77. The molecule has 0 atom stereocenters. The van der Waals surface area contributed by atoms with Gasteiger partial charge in [-0.15, -0.1) is 0 Å². The molecule has 0 aliphatic rings. The number of nitrogens with two attached hydrogens (primary N) is 1. The van der Waals surface area contributed by atoms with Crippen molar-refractivity contribution < 1.29 is 5.11 Å². The van der Waals surface area contributed by atoms with E-state index in [0.717, 1.165) is 47.4 Å². The van der Waals surface area contributed by atoms with Crippen LogP contribution in [0.5, 0.6) is 0 Å². The number of aryl methyl sites for hydroxylation is 1. The molecule has 1 aromatic carbocycles. The number of H-pyrrole nitrogens is 1. The van der Waals surface area contributed by atoms with Crippen LogP contribution < -0.4 is 5.73 Å². The predicted octanol–water partition coefficient (Wildman–Crippen LogP) is 2.34. The molecular weight excluding hydrogens is 278 g/mol. The largest absolute Gasteiger partial charge is 0.394 e. The van der Waals surface area contributed by atoms with Crippen molar-refractivity contribution >= 4 is 16.9 Å². The van der Waals surface area contributed by atoms with Crippen molar-refractivity contribution in [2.45, 2.75) is 32.7 Å². The second-order valence-electron chi connectivity index (χ2n) is 5.36. The minimum atomic E-state index is 0.0126. The molecule has 6 heteroatoms. The Morgan fingerprint density at radius 1 is 1.32 bits per heavy atom. The van der Waals surface area contributed by atoms with Gasteiger partial charge >= 0.3 is 0 Å². The Kier molecular flexibility index (Phi) is 4.11. The number of para-hydroxylation sites is 2. The summed E-state index contributed by atoms with van der Waals surface area (Å²) < 4.78 is 1.66. The van der Waals surface area contributed by atoms with Crippen LogP contribution in [0.4, 0.5) is 5.82 Å². The SMILES string of the molecule is CCCCc1nn(CCO)c(N)c1-c1nc2ccccc2[nH]1. The quantitative estimate of drug-likeness (QED) is 0.651. The van der Waals surface area contributed by atoms with E-state index in [9.17, 15) is 0 Å². The van der Waals surface area contributed by atoms with Crippen LogP contribution in [0.15, 0.2) is 24.3 Å². The first-order chi connectivity index (χ1) is 10.7. The number of aromatic nitrogens is 4. The van der Waals surface area contributed by atoms with Crippen molar-refractivity contribution in [2.75, 3.05) is 12.3 Å². The molecular formula is C16H21N5O. The normalized spacial score (nSPS) is 11.4. The van der Waals surface area contributed by atoms with Gasteiger partial charge in [-0.1, -0.05) is 25.5 Å². The molecule has 3 aromatic rings. The first kappa shape index (κ1) is 14.6. The van der Waals surface area contributed by atoms with Crippen LogP contribution in [0.1, 0.15) is 25.5 Å². The summed E-state index contributed by atoms with van der Waals surface area (Å²) in [5.74, 6) is 1.30. The molecule has 0 unspecified atom stereocenters. The van der Waals surface area contributed by atoms with E-state index in [1.807, 2.05) is 24.3 Å². The fourth-order valence-corrected chi connectivity index (χ4v) is 2.64. The number of anilines is 1. The summed E-state index contributed by atoms with van der Waals surface area (Å²) in [5.41, 5.74) is 9.93. The number of unbranched alkanes of at least 4 members (excludes halogenated alkanes) is 1. The number of nitrogens with one attached hydrogen (secondary N) is 1. The molecule has 0 aliphatic heterocycles. The van der Waals surface area contributed by atoms with E-state index in [1.165, 1.54) is 0 Å². The molecule has 22 heavy (non-hydrogen) atoms. The maximum absolute atomic E-state index is 9.17. The summed E-state index contributed by atoms with van der Waals surface area (Å²) in [6.07, 6.45) is 2.99. The Labute approximate surface area is 129 Å². The third kappa shape index (κ3) is 2.57. The average Bonchev–Trinajstić information content (AvgIpc) is 3.07. The summed E-state index contributed by atoms with van der Waals surface area (Å²) in [6, 6.07) is 7.89. The lowest BCUT2D eigenvalue weighted by molar-refractivity contribution is 0.270. The molecule has 0 bridgehead atoms. The van der Waals surface area contributed by atoms with Gasteiger partial charge in [0, 0.05) is 0 Å².